The molecule has 0 aliphatic rings. The molecular formula is C15H19BrN4. The molecule has 2 rings (SSSR count). The number of halogens is 1. The van der Waals surface area contributed by atoms with Crippen molar-refractivity contribution in [3.8, 4) is 0 Å². The molecule has 20 heavy (non-hydrogen) atoms. The van der Waals surface area contributed by atoms with Crippen LogP contribution in [0.5, 0.6) is 0 Å². The molecular weight excluding hydrogens is 316 g/mol. The second-order valence-electron chi connectivity index (χ2n) is 4.63. The zero-order valence-electron chi connectivity index (χ0n) is 11.5. The van der Waals surface area contributed by atoms with Gasteiger partial charge >= 0.3 is 0 Å². The van der Waals surface area contributed by atoms with Crippen LogP contribution in [0.2, 0.25) is 0 Å². The Hall–Kier alpha value is -1.46. The van der Waals surface area contributed by atoms with Crippen LogP contribution < -0.4 is 11.1 Å². The van der Waals surface area contributed by atoms with Crippen LogP contribution in [0.1, 0.15) is 30.6 Å². The molecule has 0 amide bonds. The number of rotatable bonds is 6. The van der Waals surface area contributed by atoms with Gasteiger partial charge in [-0.25, -0.2) is 4.98 Å². The summed E-state index contributed by atoms with van der Waals surface area (Å²) in [6, 6.07) is 7.98. The lowest BCUT2D eigenvalue weighted by molar-refractivity contribution is 0.516. The lowest BCUT2D eigenvalue weighted by Gasteiger charge is -2.19. The van der Waals surface area contributed by atoms with E-state index in [4.69, 9.17) is 5.73 Å². The van der Waals surface area contributed by atoms with E-state index in [2.05, 4.69) is 38.1 Å². The Balaban J connectivity index is 2.24. The summed E-state index contributed by atoms with van der Waals surface area (Å²) >= 11 is 3.57. The fourth-order valence-electron chi connectivity index (χ4n) is 2.08. The number of hydrogen-bond donors (Lipinski definition) is 2. The summed E-state index contributed by atoms with van der Waals surface area (Å²) in [6.07, 6.45) is 5.37. The smallest absolute Gasteiger partial charge is 0.126 e. The van der Waals surface area contributed by atoms with Gasteiger partial charge in [-0.3, -0.25) is 4.98 Å². The van der Waals surface area contributed by atoms with Crippen LogP contribution in [-0.2, 0) is 6.42 Å². The molecule has 5 heteroatoms. The molecule has 0 aromatic carbocycles. The summed E-state index contributed by atoms with van der Waals surface area (Å²) in [5.41, 5.74) is 7.99. The molecule has 106 valence electrons. The van der Waals surface area contributed by atoms with Crippen LogP contribution in [0.4, 0.5) is 5.82 Å². The van der Waals surface area contributed by atoms with E-state index in [9.17, 15) is 0 Å². The predicted octanol–water partition coefficient (Wildman–Crippen LogP) is 3.10. The largest absolute Gasteiger partial charge is 0.383 e. The van der Waals surface area contributed by atoms with Gasteiger partial charge in [0.25, 0.3) is 0 Å². The van der Waals surface area contributed by atoms with E-state index in [0.717, 1.165) is 35.1 Å². The molecule has 0 bridgehead atoms. The number of hydrogen-bond acceptors (Lipinski definition) is 4. The highest BCUT2D eigenvalue weighted by atomic mass is 79.9. The topological polar surface area (TPSA) is 63.8 Å². The summed E-state index contributed by atoms with van der Waals surface area (Å²) in [6.45, 7) is 3.09. The van der Waals surface area contributed by atoms with Crippen molar-refractivity contribution in [2.75, 3.05) is 12.3 Å². The van der Waals surface area contributed by atoms with Gasteiger partial charge in [-0.1, -0.05) is 13.0 Å². The lowest BCUT2D eigenvalue weighted by Crippen LogP contribution is -2.25. The first-order valence-corrected chi connectivity index (χ1v) is 7.54. The van der Waals surface area contributed by atoms with Gasteiger partial charge in [0.15, 0.2) is 0 Å². The van der Waals surface area contributed by atoms with Crippen molar-refractivity contribution in [1.82, 2.24) is 15.3 Å². The first-order valence-electron chi connectivity index (χ1n) is 6.75. The predicted molar refractivity (Wildman–Crippen MR) is 85.3 cm³/mol. The lowest BCUT2D eigenvalue weighted by atomic mass is 10.0. The molecule has 0 aliphatic heterocycles. The number of pyridine rings is 2. The number of nitrogens with two attached hydrogens (primary N) is 1. The van der Waals surface area contributed by atoms with Crippen molar-refractivity contribution in [3.05, 3.63) is 52.4 Å². The van der Waals surface area contributed by atoms with E-state index in [0.29, 0.717) is 5.82 Å². The van der Waals surface area contributed by atoms with E-state index in [1.54, 1.807) is 6.20 Å². The second kappa shape index (κ2) is 7.36. The van der Waals surface area contributed by atoms with Crippen molar-refractivity contribution < 1.29 is 0 Å². The Morgan fingerprint density at radius 3 is 2.70 bits per heavy atom. The van der Waals surface area contributed by atoms with E-state index >= 15 is 0 Å². The first kappa shape index (κ1) is 14.9. The normalized spacial score (nSPS) is 12.3. The van der Waals surface area contributed by atoms with Crippen molar-refractivity contribution in [2.24, 2.45) is 0 Å². The minimum absolute atomic E-state index is 0.122. The van der Waals surface area contributed by atoms with Crippen LogP contribution in [0.3, 0.4) is 0 Å². The second-order valence-corrected chi connectivity index (χ2v) is 5.48. The number of anilines is 1. The highest BCUT2D eigenvalue weighted by Crippen LogP contribution is 2.25. The third kappa shape index (κ3) is 3.77. The maximum absolute atomic E-state index is 5.94. The monoisotopic (exact) mass is 334 g/mol. The standard InChI is InChI=1S/C15H19BrN4/c1-2-7-18-13(14-12(16)6-4-8-19-14)10-11-5-3-9-20-15(11)17/h3-6,8-9,13,18H,2,7,10H2,1H3,(H2,17,20). The summed E-state index contributed by atoms with van der Waals surface area (Å²) in [5, 5.41) is 3.53. The van der Waals surface area contributed by atoms with Gasteiger partial charge in [-0.05, 0) is 59.1 Å². The third-order valence-electron chi connectivity index (χ3n) is 3.11. The van der Waals surface area contributed by atoms with Gasteiger partial charge in [0.2, 0.25) is 0 Å². The van der Waals surface area contributed by atoms with Crippen molar-refractivity contribution in [2.45, 2.75) is 25.8 Å². The minimum Gasteiger partial charge on any atom is -0.383 e. The Morgan fingerprint density at radius 2 is 2.00 bits per heavy atom. The van der Waals surface area contributed by atoms with Crippen molar-refractivity contribution >= 4 is 21.7 Å². The van der Waals surface area contributed by atoms with Crippen LogP contribution in [0.25, 0.3) is 0 Å². The first-order chi connectivity index (χ1) is 9.72. The van der Waals surface area contributed by atoms with Crippen LogP contribution >= 0.6 is 15.9 Å². The summed E-state index contributed by atoms with van der Waals surface area (Å²) in [4.78, 5) is 8.63. The SMILES string of the molecule is CCCNC(Cc1cccnc1N)c1ncccc1Br. The molecule has 2 heterocycles. The number of nitrogens with zero attached hydrogens (tertiary/aromatic N) is 2. The number of nitrogen functional groups attached to an aromatic ring is 1. The summed E-state index contributed by atoms with van der Waals surface area (Å²) in [7, 11) is 0. The summed E-state index contributed by atoms with van der Waals surface area (Å²) < 4.78 is 1.01. The quantitative estimate of drug-likeness (QED) is 0.851. The molecule has 2 aromatic rings. The molecule has 0 spiro atoms. The highest BCUT2D eigenvalue weighted by Gasteiger charge is 2.17. The molecule has 1 unspecified atom stereocenters. The van der Waals surface area contributed by atoms with Crippen molar-refractivity contribution in [1.29, 1.82) is 0 Å². The van der Waals surface area contributed by atoms with Gasteiger partial charge < -0.3 is 11.1 Å². The van der Waals surface area contributed by atoms with Gasteiger partial charge in [0.05, 0.1) is 11.7 Å². The average Bonchev–Trinajstić information content (AvgIpc) is 2.46. The molecule has 0 fully saturated rings. The Bertz CT molecular complexity index is 559. The molecule has 0 aliphatic carbocycles. The molecule has 0 saturated carbocycles. The molecule has 2 aromatic heterocycles. The average molecular weight is 335 g/mol. The number of nitrogens with one attached hydrogen (secondary N) is 1. The Morgan fingerprint density at radius 1 is 1.25 bits per heavy atom. The van der Waals surface area contributed by atoms with Gasteiger partial charge in [0.1, 0.15) is 5.82 Å². The maximum Gasteiger partial charge on any atom is 0.126 e. The van der Waals surface area contributed by atoms with Crippen molar-refractivity contribution in [3.63, 3.8) is 0 Å². The molecule has 0 radical (unpaired) electrons. The van der Waals surface area contributed by atoms with E-state index in [1.165, 1.54) is 0 Å². The zero-order chi connectivity index (χ0) is 14.4. The van der Waals surface area contributed by atoms with E-state index < -0.39 is 0 Å². The highest BCUT2D eigenvalue weighted by molar-refractivity contribution is 9.10. The third-order valence-corrected chi connectivity index (χ3v) is 3.78. The summed E-state index contributed by atoms with van der Waals surface area (Å²) in [5.74, 6) is 0.586. The minimum atomic E-state index is 0.122. The Kier molecular flexibility index (Phi) is 5.49. The molecule has 0 saturated heterocycles. The Labute approximate surface area is 128 Å². The van der Waals surface area contributed by atoms with Gasteiger partial charge in [0, 0.05) is 16.9 Å². The van der Waals surface area contributed by atoms with E-state index in [1.807, 2.05) is 30.5 Å². The fraction of sp³-hybridized carbons (Fsp3) is 0.333. The van der Waals surface area contributed by atoms with Crippen LogP contribution in [0, 0.1) is 0 Å². The molecule has 3 N–H and O–H groups in total. The van der Waals surface area contributed by atoms with Gasteiger partial charge in [-0.15, -0.1) is 0 Å². The van der Waals surface area contributed by atoms with Gasteiger partial charge in [-0.2, -0.15) is 0 Å². The van der Waals surface area contributed by atoms with Crippen LogP contribution in [0.15, 0.2) is 41.1 Å². The fourth-order valence-corrected chi connectivity index (χ4v) is 2.61. The zero-order valence-corrected chi connectivity index (χ0v) is 13.1. The molecule has 4 nitrogen and oxygen atoms in total. The maximum atomic E-state index is 5.94. The number of aromatic nitrogens is 2. The van der Waals surface area contributed by atoms with E-state index in [-0.39, 0.29) is 6.04 Å². The molecule has 1 atom stereocenters. The van der Waals surface area contributed by atoms with Crippen LogP contribution in [-0.4, -0.2) is 16.5 Å².